The summed E-state index contributed by atoms with van der Waals surface area (Å²) in [6.07, 6.45) is 0. The largest absolute Gasteiger partial charge is 0.493 e. The predicted octanol–water partition coefficient (Wildman–Crippen LogP) is 4.83. The van der Waals surface area contributed by atoms with Crippen molar-refractivity contribution in [1.82, 2.24) is 4.98 Å². The highest BCUT2D eigenvalue weighted by Gasteiger charge is 2.14. The molecule has 0 aliphatic heterocycles. The van der Waals surface area contributed by atoms with E-state index in [1.54, 1.807) is 0 Å². The first-order valence-electron chi connectivity index (χ1n) is 7.92. The Labute approximate surface area is 148 Å². The number of benzene rings is 2. The van der Waals surface area contributed by atoms with Gasteiger partial charge >= 0.3 is 0 Å². The number of carbonyl (C=O) groups excluding carboxylic acids is 1. The van der Waals surface area contributed by atoms with Gasteiger partial charge in [0.2, 0.25) is 5.88 Å². The van der Waals surface area contributed by atoms with Crippen molar-refractivity contribution < 1.29 is 14.8 Å². The average molecular weight is 352 g/mol. The number of aromatic nitrogens is 1. The third-order valence-corrected chi connectivity index (χ3v) is 4.01. The van der Waals surface area contributed by atoms with Crippen molar-refractivity contribution in [1.29, 1.82) is 0 Å². The molecule has 132 valence electrons. The second-order valence-corrected chi connectivity index (χ2v) is 6.09. The van der Waals surface area contributed by atoms with Crippen LogP contribution in [0.15, 0.2) is 52.7 Å². The van der Waals surface area contributed by atoms with Gasteiger partial charge in [0, 0.05) is 23.1 Å². The molecule has 1 aromatic heterocycles. The third-order valence-electron chi connectivity index (χ3n) is 4.01. The van der Waals surface area contributed by atoms with Crippen molar-refractivity contribution in [3.8, 4) is 5.88 Å². The number of fused-ring (bicyclic) bond motifs is 1. The van der Waals surface area contributed by atoms with Gasteiger partial charge in [-0.15, -0.1) is 10.2 Å². The lowest BCUT2D eigenvalue weighted by molar-refractivity contribution is -0.384. The molecule has 0 spiro atoms. The topological polar surface area (TPSA) is 121 Å². The van der Waals surface area contributed by atoms with Crippen LogP contribution in [0.25, 0.3) is 10.9 Å². The number of nitro benzene ring substituents is 1. The number of hydrogen-bond donors (Lipinski definition) is 2. The number of nitro groups is 1. The zero-order valence-corrected chi connectivity index (χ0v) is 14.1. The van der Waals surface area contributed by atoms with Crippen molar-refractivity contribution >= 4 is 28.2 Å². The summed E-state index contributed by atoms with van der Waals surface area (Å²) in [7, 11) is 0. The lowest BCUT2D eigenvalue weighted by Crippen LogP contribution is -1.94. The number of aromatic hydroxyl groups is 1. The minimum absolute atomic E-state index is 0.117. The number of nitrogens with one attached hydrogen (secondary N) is 1. The van der Waals surface area contributed by atoms with Gasteiger partial charge in [-0.3, -0.25) is 14.9 Å². The molecule has 8 nitrogen and oxygen atoms in total. The maximum atomic E-state index is 12.1. The Balaban J connectivity index is 1.92. The average Bonchev–Trinajstić information content (AvgIpc) is 2.94. The van der Waals surface area contributed by atoms with E-state index in [-0.39, 0.29) is 22.8 Å². The SMILES string of the molecule is CC(C)c1ccc2[nH]c(O)c(N=NC(=O)c3ccc([N+](=O)[O-])cc3)c2c1. The molecule has 0 aliphatic rings. The summed E-state index contributed by atoms with van der Waals surface area (Å²) in [6, 6.07) is 10.7. The standard InChI is InChI=1S/C18H16N4O4/c1-10(2)12-5-8-15-14(9-12)16(18(24)19-15)20-21-17(23)11-3-6-13(7-4-11)22(25)26/h3-10,19,24H,1-2H3. The van der Waals surface area contributed by atoms with Crippen LogP contribution < -0.4 is 0 Å². The molecule has 3 aromatic rings. The molecule has 0 saturated heterocycles. The van der Waals surface area contributed by atoms with Gasteiger partial charge < -0.3 is 10.1 Å². The Kier molecular flexibility index (Phi) is 4.49. The quantitative estimate of drug-likeness (QED) is 0.397. The fraction of sp³-hybridized carbons (Fsp3) is 0.167. The zero-order chi connectivity index (χ0) is 18.8. The van der Waals surface area contributed by atoms with Crippen LogP contribution in [0.2, 0.25) is 0 Å². The lowest BCUT2D eigenvalue weighted by atomic mass is 10.0. The number of non-ortho nitro benzene ring substituents is 1. The molecule has 3 rings (SSSR count). The van der Waals surface area contributed by atoms with Crippen molar-refractivity contribution in [2.75, 3.05) is 0 Å². The molecule has 0 aliphatic carbocycles. The summed E-state index contributed by atoms with van der Waals surface area (Å²) in [4.78, 5) is 25.0. The fourth-order valence-electron chi connectivity index (χ4n) is 2.52. The molecular weight excluding hydrogens is 336 g/mol. The molecule has 26 heavy (non-hydrogen) atoms. The number of amides is 1. The first-order valence-corrected chi connectivity index (χ1v) is 7.92. The molecule has 0 saturated carbocycles. The van der Waals surface area contributed by atoms with E-state index in [4.69, 9.17) is 0 Å². The minimum atomic E-state index is -0.659. The van der Waals surface area contributed by atoms with Crippen molar-refractivity contribution in [2.45, 2.75) is 19.8 Å². The molecule has 0 bridgehead atoms. The first kappa shape index (κ1) is 17.3. The Morgan fingerprint density at radius 3 is 2.50 bits per heavy atom. The van der Waals surface area contributed by atoms with Crippen LogP contribution in [-0.2, 0) is 0 Å². The van der Waals surface area contributed by atoms with Gasteiger partial charge in [0.25, 0.3) is 11.6 Å². The second-order valence-electron chi connectivity index (χ2n) is 6.09. The van der Waals surface area contributed by atoms with Crippen molar-refractivity contribution in [3.05, 3.63) is 63.7 Å². The Morgan fingerprint density at radius 1 is 1.19 bits per heavy atom. The van der Waals surface area contributed by atoms with E-state index in [0.717, 1.165) is 5.56 Å². The van der Waals surface area contributed by atoms with Gasteiger partial charge in [0.05, 0.1) is 10.4 Å². The van der Waals surface area contributed by atoms with E-state index in [2.05, 4.69) is 15.2 Å². The number of carbonyl (C=O) groups is 1. The van der Waals surface area contributed by atoms with Gasteiger partial charge in [-0.1, -0.05) is 19.9 Å². The number of azo groups is 1. The number of rotatable bonds is 4. The van der Waals surface area contributed by atoms with Crippen LogP contribution in [-0.4, -0.2) is 20.9 Å². The van der Waals surface area contributed by atoms with E-state index >= 15 is 0 Å². The smallest absolute Gasteiger partial charge is 0.295 e. The van der Waals surface area contributed by atoms with Crippen LogP contribution in [0.1, 0.15) is 35.7 Å². The van der Waals surface area contributed by atoms with Crippen molar-refractivity contribution in [2.24, 2.45) is 10.2 Å². The highest BCUT2D eigenvalue weighted by Crippen LogP contribution is 2.37. The molecule has 2 aromatic carbocycles. The van der Waals surface area contributed by atoms with E-state index in [1.165, 1.54) is 24.3 Å². The lowest BCUT2D eigenvalue weighted by Gasteiger charge is -2.04. The molecule has 8 heteroatoms. The molecule has 1 heterocycles. The van der Waals surface area contributed by atoms with Crippen LogP contribution >= 0.6 is 0 Å². The van der Waals surface area contributed by atoms with Gasteiger partial charge in [0.15, 0.2) is 5.69 Å². The highest BCUT2D eigenvalue weighted by molar-refractivity contribution is 5.97. The highest BCUT2D eigenvalue weighted by atomic mass is 16.6. The van der Waals surface area contributed by atoms with E-state index < -0.39 is 10.8 Å². The summed E-state index contributed by atoms with van der Waals surface area (Å²) < 4.78 is 0. The summed E-state index contributed by atoms with van der Waals surface area (Å²) >= 11 is 0. The first-order chi connectivity index (χ1) is 12.4. The Morgan fingerprint density at radius 2 is 1.88 bits per heavy atom. The molecule has 0 atom stereocenters. The normalized spacial score (nSPS) is 11.5. The van der Waals surface area contributed by atoms with E-state index in [9.17, 15) is 20.0 Å². The fourth-order valence-corrected chi connectivity index (χ4v) is 2.52. The van der Waals surface area contributed by atoms with Crippen LogP contribution in [0, 0.1) is 10.1 Å². The third kappa shape index (κ3) is 3.30. The summed E-state index contributed by atoms with van der Waals surface area (Å²) in [5.74, 6) is -0.544. The van der Waals surface area contributed by atoms with Crippen molar-refractivity contribution in [3.63, 3.8) is 0 Å². The molecular formula is C18H16N4O4. The number of hydrogen-bond acceptors (Lipinski definition) is 5. The summed E-state index contributed by atoms with van der Waals surface area (Å²) in [6.45, 7) is 4.10. The monoisotopic (exact) mass is 352 g/mol. The summed E-state index contributed by atoms with van der Waals surface area (Å²) in [5, 5.41) is 28.9. The molecule has 1 amide bonds. The maximum absolute atomic E-state index is 12.1. The summed E-state index contributed by atoms with van der Waals surface area (Å²) in [5.41, 5.74) is 1.98. The van der Waals surface area contributed by atoms with Gasteiger partial charge in [-0.05, 0) is 35.7 Å². The van der Waals surface area contributed by atoms with Crippen LogP contribution in [0.5, 0.6) is 5.88 Å². The zero-order valence-electron chi connectivity index (χ0n) is 14.1. The Bertz CT molecular complexity index is 1020. The van der Waals surface area contributed by atoms with Crippen LogP contribution in [0.3, 0.4) is 0 Å². The minimum Gasteiger partial charge on any atom is -0.493 e. The molecule has 0 fully saturated rings. The van der Waals surface area contributed by atoms with Gasteiger partial charge in [0.1, 0.15) is 0 Å². The predicted molar refractivity (Wildman–Crippen MR) is 96.0 cm³/mol. The second kappa shape index (κ2) is 6.75. The van der Waals surface area contributed by atoms with Gasteiger partial charge in [-0.25, -0.2) is 0 Å². The number of nitrogens with zero attached hydrogens (tertiary/aromatic N) is 3. The van der Waals surface area contributed by atoms with Gasteiger partial charge in [-0.2, -0.15) is 0 Å². The Hall–Kier alpha value is -3.55. The maximum Gasteiger partial charge on any atom is 0.295 e. The van der Waals surface area contributed by atoms with E-state index in [0.29, 0.717) is 16.8 Å². The molecule has 2 N–H and O–H groups in total. The molecule has 0 unspecified atom stereocenters. The number of H-pyrrole nitrogens is 1. The van der Waals surface area contributed by atoms with E-state index in [1.807, 2.05) is 32.0 Å². The van der Waals surface area contributed by atoms with Crippen LogP contribution in [0.4, 0.5) is 11.4 Å². The molecule has 0 radical (unpaired) electrons. The number of aromatic amines is 1.